The number of H-pyrrole nitrogens is 1. The number of hydrogen-bond donors (Lipinski definition) is 2. The molecular formula is C24H25N3O6. The van der Waals surface area contributed by atoms with Gasteiger partial charge in [0, 0.05) is 52.0 Å². The fourth-order valence-corrected chi connectivity index (χ4v) is 3.37. The average Bonchev–Trinajstić information content (AvgIpc) is 3.20. The fourth-order valence-electron chi connectivity index (χ4n) is 3.37. The van der Waals surface area contributed by atoms with Gasteiger partial charge in [-0.15, -0.1) is 0 Å². The van der Waals surface area contributed by atoms with Crippen LogP contribution in [-0.2, 0) is 19.0 Å². The molecule has 172 valence electrons. The second-order valence-electron chi connectivity index (χ2n) is 7.21. The zero-order valence-corrected chi connectivity index (χ0v) is 18.0. The zero-order chi connectivity index (χ0) is 22.9. The fraction of sp³-hybridized carbons (Fsp3) is 0.292. The topological polar surface area (TPSA) is 116 Å². The number of aromatic nitrogens is 3. The summed E-state index contributed by atoms with van der Waals surface area (Å²) < 4.78 is 21.2. The van der Waals surface area contributed by atoms with Gasteiger partial charge < -0.3 is 29.0 Å². The highest BCUT2D eigenvalue weighted by atomic mass is 16.6. The van der Waals surface area contributed by atoms with Gasteiger partial charge in [0.05, 0.1) is 33.0 Å². The number of carboxylic acids is 1. The second-order valence-corrected chi connectivity index (χ2v) is 7.21. The number of aliphatic carboxylic acids is 1. The summed E-state index contributed by atoms with van der Waals surface area (Å²) in [7, 11) is 0. The first-order valence-corrected chi connectivity index (χ1v) is 10.6. The van der Waals surface area contributed by atoms with E-state index in [4.69, 9.17) is 24.1 Å². The molecule has 1 aromatic carbocycles. The van der Waals surface area contributed by atoms with Gasteiger partial charge in [0.25, 0.3) is 0 Å². The first kappa shape index (κ1) is 22.7. The highest BCUT2D eigenvalue weighted by molar-refractivity contribution is 6.07. The van der Waals surface area contributed by atoms with Crippen LogP contribution in [0.2, 0.25) is 0 Å². The maximum Gasteiger partial charge on any atom is 0.329 e. The van der Waals surface area contributed by atoms with Gasteiger partial charge in [-0.3, -0.25) is 4.98 Å². The SMILES string of the molecule is O=C(O)COCCOCCOCCOc1ccc(-c2ccc3c(c2)[nH]c2ccncc23)cn1. The van der Waals surface area contributed by atoms with Gasteiger partial charge >= 0.3 is 5.97 Å². The maximum atomic E-state index is 10.3. The molecule has 0 bridgehead atoms. The normalized spacial score (nSPS) is 11.3. The lowest BCUT2D eigenvalue weighted by Crippen LogP contribution is -2.14. The number of nitrogens with zero attached hydrogens (tertiary/aromatic N) is 2. The minimum absolute atomic E-state index is 0.240. The third-order valence-corrected chi connectivity index (χ3v) is 4.92. The summed E-state index contributed by atoms with van der Waals surface area (Å²) in [5.41, 5.74) is 4.20. The number of carbonyl (C=O) groups is 1. The van der Waals surface area contributed by atoms with E-state index in [0.29, 0.717) is 38.9 Å². The van der Waals surface area contributed by atoms with E-state index in [-0.39, 0.29) is 13.2 Å². The van der Waals surface area contributed by atoms with Gasteiger partial charge in [-0.05, 0) is 23.8 Å². The van der Waals surface area contributed by atoms with E-state index in [0.717, 1.165) is 32.9 Å². The first-order valence-electron chi connectivity index (χ1n) is 10.6. The van der Waals surface area contributed by atoms with Crippen molar-refractivity contribution in [3.8, 4) is 17.0 Å². The lowest BCUT2D eigenvalue weighted by molar-refractivity contribution is -0.142. The highest BCUT2D eigenvalue weighted by Gasteiger charge is 2.07. The van der Waals surface area contributed by atoms with Crippen molar-refractivity contribution in [2.75, 3.05) is 46.2 Å². The van der Waals surface area contributed by atoms with Crippen LogP contribution in [0.1, 0.15) is 0 Å². The van der Waals surface area contributed by atoms with Crippen molar-refractivity contribution in [3.05, 3.63) is 55.0 Å². The molecule has 4 rings (SSSR count). The van der Waals surface area contributed by atoms with E-state index < -0.39 is 5.97 Å². The molecule has 0 spiro atoms. The molecule has 0 aliphatic carbocycles. The number of nitrogens with one attached hydrogen (secondary N) is 1. The summed E-state index contributed by atoms with van der Waals surface area (Å²) in [6.45, 7) is 1.86. The molecule has 0 atom stereocenters. The van der Waals surface area contributed by atoms with Gasteiger partial charge in [-0.1, -0.05) is 12.1 Å². The molecule has 4 aromatic rings. The van der Waals surface area contributed by atoms with Crippen molar-refractivity contribution in [2.24, 2.45) is 0 Å². The molecule has 9 heteroatoms. The maximum absolute atomic E-state index is 10.3. The monoisotopic (exact) mass is 451 g/mol. The van der Waals surface area contributed by atoms with Gasteiger partial charge in [0.1, 0.15) is 13.2 Å². The second kappa shape index (κ2) is 11.4. The van der Waals surface area contributed by atoms with E-state index in [2.05, 4.69) is 33.2 Å². The molecule has 0 aliphatic rings. The van der Waals surface area contributed by atoms with Crippen molar-refractivity contribution < 1.29 is 28.8 Å². The van der Waals surface area contributed by atoms with E-state index in [1.54, 1.807) is 12.4 Å². The molecule has 0 unspecified atom stereocenters. The van der Waals surface area contributed by atoms with Crippen molar-refractivity contribution >= 4 is 27.8 Å². The Labute approximate surface area is 190 Å². The number of hydrogen-bond acceptors (Lipinski definition) is 7. The van der Waals surface area contributed by atoms with E-state index >= 15 is 0 Å². The minimum atomic E-state index is -0.993. The van der Waals surface area contributed by atoms with Crippen LogP contribution in [0.3, 0.4) is 0 Å². The average molecular weight is 451 g/mol. The molecule has 0 saturated heterocycles. The smallest absolute Gasteiger partial charge is 0.329 e. The number of benzene rings is 1. The minimum Gasteiger partial charge on any atom is -0.480 e. The Morgan fingerprint density at radius 2 is 1.58 bits per heavy atom. The first-order chi connectivity index (χ1) is 16.2. The van der Waals surface area contributed by atoms with Crippen LogP contribution in [0.4, 0.5) is 0 Å². The molecule has 33 heavy (non-hydrogen) atoms. The van der Waals surface area contributed by atoms with Crippen LogP contribution in [-0.4, -0.2) is 72.3 Å². The predicted octanol–water partition coefficient (Wildman–Crippen LogP) is 3.29. The van der Waals surface area contributed by atoms with Crippen LogP contribution in [0, 0.1) is 0 Å². The Bertz CT molecular complexity index is 1190. The van der Waals surface area contributed by atoms with E-state index in [9.17, 15) is 4.79 Å². The standard InChI is InChI=1S/C24H25N3O6/c28-24(29)16-32-10-9-30-7-8-31-11-12-33-23-4-2-18(14-26-23)17-1-3-19-20-15-25-6-5-21(20)27-22(19)13-17/h1-6,13-15,27H,7-12,16H2,(H,28,29). The Hall–Kier alpha value is -3.53. The van der Waals surface area contributed by atoms with Crippen LogP contribution in [0.15, 0.2) is 55.0 Å². The Morgan fingerprint density at radius 3 is 2.33 bits per heavy atom. The molecule has 0 fully saturated rings. The van der Waals surface area contributed by atoms with Gasteiger partial charge in [-0.25, -0.2) is 9.78 Å². The van der Waals surface area contributed by atoms with Crippen LogP contribution in [0.5, 0.6) is 5.88 Å². The number of rotatable bonds is 13. The number of carboxylic acid groups (broad SMARTS) is 1. The third kappa shape index (κ3) is 6.26. The number of fused-ring (bicyclic) bond motifs is 3. The van der Waals surface area contributed by atoms with Gasteiger partial charge in [0.15, 0.2) is 0 Å². The van der Waals surface area contributed by atoms with Gasteiger partial charge in [-0.2, -0.15) is 0 Å². The lowest BCUT2D eigenvalue weighted by Gasteiger charge is -2.08. The Kier molecular flexibility index (Phi) is 7.81. The molecule has 0 aliphatic heterocycles. The molecule has 3 heterocycles. The molecule has 0 amide bonds. The summed E-state index contributed by atoms with van der Waals surface area (Å²) >= 11 is 0. The largest absolute Gasteiger partial charge is 0.480 e. The summed E-state index contributed by atoms with van der Waals surface area (Å²) in [6, 6.07) is 12.1. The molecule has 2 N–H and O–H groups in total. The highest BCUT2D eigenvalue weighted by Crippen LogP contribution is 2.29. The van der Waals surface area contributed by atoms with Crippen molar-refractivity contribution in [2.45, 2.75) is 0 Å². The third-order valence-electron chi connectivity index (χ3n) is 4.92. The number of pyridine rings is 2. The molecule has 0 saturated carbocycles. The molecule has 3 aromatic heterocycles. The number of ether oxygens (including phenoxy) is 4. The van der Waals surface area contributed by atoms with Crippen LogP contribution in [0.25, 0.3) is 32.9 Å². The zero-order valence-electron chi connectivity index (χ0n) is 18.0. The molecule has 0 radical (unpaired) electrons. The summed E-state index contributed by atoms with van der Waals surface area (Å²) in [4.78, 5) is 22.3. The van der Waals surface area contributed by atoms with Crippen molar-refractivity contribution in [1.29, 1.82) is 0 Å². The quantitative estimate of drug-likeness (QED) is 0.298. The van der Waals surface area contributed by atoms with Crippen molar-refractivity contribution in [3.63, 3.8) is 0 Å². The van der Waals surface area contributed by atoms with Crippen molar-refractivity contribution in [1.82, 2.24) is 15.0 Å². The summed E-state index contributed by atoms with van der Waals surface area (Å²) in [6.07, 6.45) is 5.45. The van der Waals surface area contributed by atoms with E-state index in [1.165, 1.54) is 0 Å². The van der Waals surface area contributed by atoms with Crippen LogP contribution >= 0.6 is 0 Å². The Balaban J connectivity index is 1.18. The summed E-state index contributed by atoms with van der Waals surface area (Å²) in [5.74, 6) is -0.459. The predicted molar refractivity (Wildman–Crippen MR) is 122 cm³/mol. The number of aromatic amines is 1. The summed E-state index contributed by atoms with van der Waals surface area (Å²) in [5, 5.41) is 10.7. The molecular weight excluding hydrogens is 426 g/mol. The van der Waals surface area contributed by atoms with Gasteiger partial charge in [0.2, 0.25) is 5.88 Å². The lowest BCUT2D eigenvalue weighted by atomic mass is 10.1. The van der Waals surface area contributed by atoms with Crippen LogP contribution < -0.4 is 4.74 Å². The molecule has 9 nitrogen and oxygen atoms in total. The van der Waals surface area contributed by atoms with E-state index in [1.807, 2.05) is 24.4 Å². The Morgan fingerprint density at radius 1 is 0.818 bits per heavy atom.